The highest BCUT2D eigenvalue weighted by Gasteiger charge is 2.45. The van der Waals surface area contributed by atoms with Gasteiger partial charge < -0.3 is 4.90 Å². The molecule has 0 unspecified atom stereocenters. The van der Waals surface area contributed by atoms with Gasteiger partial charge in [0.15, 0.2) is 5.78 Å². The van der Waals surface area contributed by atoms with Crippen LogP contribution in [0.3, 0.4) is 0 Å². The molecule has 1 aliphatic heterocycles. The van der Waals surface area contributed by atoms with Crippen molar-refractivity contribution in [3.05, 3.63) is 40.5 Å². The zero-order chi connectivity index (χ0) is 16.0. The van der Waals surface area contributed by atoms with E-state index in [0.717, 1.165) is 36.3 Å². The first-order valence-electron chi connectivity index (χ1n) is 8.70. The zero-order valence-corrected chi connectivity index (χ0v) is 13.7. The van der Waals surface area contributed by atoms with Gasteiger partial charge in [-0.15, -0.1) is 0 Å². The summed E-state index contributed by atoms with van der Waals surface area (Å²) in [7, 11) is 0. The molecule has 1 spiro atoms. The third-order valence-corrected chi connectivity index (χ3v) is 5.91. The predicted molar refractivity (Wildman–Crippen MR) is 89.5 cm³/mol. The molecule has 1 aromatic carbocycles. The van der Waals surface area contributed by atoms with E-state index in [2.05, 4.69) is 36.1 Å². The van der Waals surface area contributed by atoms with Crippen molar-refractivity contribution in [2.45, 2.75) is 45.4 Å². The van der Waals surface area contributed by atoms with E-state index in [4.69, 9.17) is 0 Å². The van der Waals surface area contributed by atoms with Crippen LogP contribution in [0.15, 0.2) is 23.8 Å². The van der Waals surface area contributed by atoms with E-state index in [0.29, 0.717) is 17.4 Å². The molecule has 0 bridgehead atoms. The number of Topliss-reactive ketones (excluding diaryl/α,β-unsaturated/α-hetero) is 1. The van der Waals surface area contributed by atoms with Crippen molar-refractivity contribution < 1.29 is 4.79 Å². The number of allylic oxidation sites excluding steroid dienone is 1. The molecule has 23 heavy (non-hydrogen) atoms. The summed E-state index contributed by atoms with van der Waals surface area (Å²) >= 11 is 0. The lowest BCUT2D eigenvalue weighted by molar-refractivity contribution is -0.114. The molecule has 2 aliphatic carbocycles. The van der Waals surface area contributed by atoms with Crippen LogP contribution in [0.5, 0.6) is 0 Å². The normalized spacial score (nSPS) is 22.1. The number of hydrogen-bond donors (Lipinski definition) is 0. The number of carbonyl (C=O) groups excluding carboxylic acids is 1. The average Bonchev–Trinajstić information content (AvgIpc) is 3.33. The number of nitrogens with zero attached hydrogens (tertiary/aromatic N) is 2. The fraction of sp³-hybridized carbons (Fsp3) is 0.500. The quantitative estimate of drug-likeness (QED) is 0.840. The molecule has 2 fully saturated rings. The number of ketones is 1. The Balaban J connectivity index is 1.77. The molecule has 1 saturated carbocycles. The highest BCUT2D eigenvalue weighted by Crippen LogP contribution is 2.54. The maximum absolute atomic E-state index is 12.4. The van der Waals surface area contributed by atoms with Gasteiger partial charge in [0, 0.05) is 25.1 Å². The van der Waals surface area contributed by atoms with E-state index in [-0.39, 0.29) is 5.78 Å². The molecule has 1 saturated heterocycles. The summed E-state index contributed by atoms with van der Waals surface area (Å²) in [4.78, 5) is 14.7. The van der Waals surface area contributed by atoms with Crippen LogP contribution in [-0.4, -0.2) is 23.8 Å². The molecule has 0 amide bonds. The number of piperidine rings is 1. The Labute approximate surface area is 137 Å². The SMILES string of the molecule is CCc1ccc2c(c1)C(N1CCC3(CC1)CC3)=C(C#N)C(=O)C2. The molecular weight excluding hydrogens is 284 g/mol. The van der Waals surface area contributed by atoms with Crippen molar-refractivity contribution >= 4 is 11.5 Å². The van der Waals surface area contributed by atoms with Crippen LogP contribution in [0.25, 0.3) is 5.70 Å². The summed E-state index contributed by atoms with van der Waals surface area (Å²) in [6, 6.07) is 8.58. The summed E-state index contributed by atoms with van der Waals surface area (Å²) in [6.45, 7) is 4.09. The molecule has 3 aliphatic rings. The molecule has 0 aromatic heterocycles. The Bertz CT molecular complexity index is 739. The van der Waals surface area contributed by atoms with Crippen LogP contribution >= 0.6 is 0 Å². The summed E-state index contributed by atoms with van der Waals surface area (Å²) in [5.41, 5.74) is 5.34. The fourth-order valence-corrected chi connectivity index (χ4v) is 4.07. The Morgan fingerprint density at radius 1 is 1.22 bits per heavy atom. The van der Waals surface area contributed by atoms with Crippen LogP contribution in [0.2, 0.25) is 0 Å². The summed E-state index contributed by atoms with van der Waals surface area (Å²) in [5.74, 6) is -0.0223. The van der Waals surface area contributed by atoms with Gasteiger partial charge in [-0.05, 0) is 54.7 Å². The lowest BCUT2D eigenvalue weighted by Gasteiger charge is -2.37. The van der Waals surface area contributed by atoms with Gasteiger partial charge in [0.25, 0.3) is 0 Å². The minimum Gasteiger partial charge on any atom is -0.370 e. The molecule has 3 heteroatoms. The molecule has 0 N–H and O–H groups in total. The molecule has 1 heterocycles. The van der Waals surface area contributed by atoms with Crippen molar-refractivity contribution in [1.82, 2.24) is 4.90 Å². The van der Waals surface area contributed by atoms with Crippen molar-refractivity contribution in [2.24, 2.45) is 5.41 Å². The minimum absolute atomic E-state index is 0.0223. The van der Waals surface area contributed by atoms with Crippen LogP contribution < -0.4 is 0 Å². The maximum Gasteiger partial charge on any atom is 0.179 e. The fourth-order valence-electron chi connectivity index (χ4n) is 4.07. The summed E-state index contributed by atoms with van der Waals surface area (Å²) in [5, 5.41) is 9.57. The first-order chi connectivity index (χ1) is 11.2. The number of fused-ring (bicyclic) bond motifs is 1. The topological polar surface area (TPSA) is 44.1 Å². The van der Waals surface area contributed by atoms with Gasteiger partial charge in [-0.1, -0.05) is 19.1 Å². The number of nitriles is 1. The standard InChI is InChI=1S/C20H22N2O/c1-2-14-3-4-15-12-18(23)17(13-21)19(16(15)11-14)22-9-7-20(5-6-20)8-10-22/h3-4,11H,2,5-10,12H2,1H3. The van der Waals surface area contributed by atoms with E-state index >= 15 is 0 Å². The van der Waals surface area contributed by atoms with E-state index in [1.807, 2.05) is 0 Å². The predicted octanol–water partition coefficient (Wildman–Crippen LogP) is 3.48. The summed E-state index contributed by atoms with van der Waals surface area (Å²) in [6.07, 6.45) is 6.46. The number of aryl methyl sites for hydroxylation is 1. The van der Waals surface area contributed by atoms with E-state index < -0.39 is 0 Å². The third-order valence-electron chi connectivity index (χ3n) is 5.91. The van der Waals surface area contributed by atoms with Crippen LogP contribution in [0.1, 0.15) is 49.3 Å². The number of benzene rings is 1. The second kappa shape index (κ2) is 5.23. The van der Waals surface area contributed by atoms with Crippen LogP contribution in [0.4, 0.5) is 0 Å². The first kappa shape index (κ1) is 14.5. The number of likely N-dealkylation sites (tertiary alicyclic amines) is 1. The zero-order valence-electron chi connectivity index (χ0n) is 13.7. The summed E-state index contributed by atoms with van der Waals surface area (Å²) < 4.78 is 0. The molecule has 3 nitrogen and oxygen atoms in total. The molecular formula is C20H22N2O. The number of carbonyl (C=O) groups is 1. The molecule has 118 valence electrons. The van der Waals surface area contributed by atoms with Gasteiger partial charge in [0.1, 0.15) is 11.6 Å². The highest BCUT2D eigenvalue weighted by molar-refractivity contribution is 6.09. The number of hydrogen-bond acceptors (Lipinski definition) is 3. The Morgan fingerprint density at radius 2 is 1.96 bits per heavy atom. The monoisotopic (exact) mass is 306 g/mol. The van der Waals surface area contributed by atoms with E-state index in [9.17, 15) is 10.1 Å². The maximum atomic E-state index is 12.4. The Morgan fingerprint density at radius 3 is 2.57 bits per heavy atom. The highest BCUT2D eigenvalue weighted by atomic mass is 16.1. The van der Waals surface area contributed by atoms with Gasteiger partial charge in [0.05, 0.1) is 5.70 Å². The largest absolute Gasteiger partial charge is 0.370 e. The number of rotatable bonds is 2. The molecule has 4 rings (SSSR count). The van der Waals surface area contributed by atoms with Crippen molar-refractivity contribution in [1.29, 1.82) is 5.26 Å². The smallest absolute Gasteiger partial charge is 0.179 e. The van der Waals surface area contributed by atoms with Crippen LogP contribution in [0, 0.1) is 16.7 Å². The van der Waals surface area contributed by atoms with E-state index in [1.165, 1.54) is 31.2 Å². The van der Waals surface area contributed by atoms with Gasteiger partial charge in [-0.2, -0.15) is 5.26 Å². The van der Waals surface area contributed by atoms with Crippen LogP contribution in [-0.2, 0) is 17.6 Å². The lowest BCUT2D eigenvalue weighted by Crippen LogP contribution is -2.36. The van der Waals surface area contributed by atoms with Gasteiger partial charge in [-0.3, -0.25) is 4.79 Å². The molecule has 0 radical (unpaired) electrons. The van der Waals surface area contributed by atoms with Gasteiger partial charge in [-0.25, -0.2) is 0 Å². The van der Waals surface area contributed by atoms with Crippen molar-refractivity contribution in [2.75, 3.05) is 13.1 Å². The lowest BCUT2D eigenvalue weighted by atomic mass is 9.85. The third kappa shape index (κ3) is 2.37. The van der Waals surface area contributed by atoms with E-state index in [1.54, 1.807) is 0 Å². The van der Waals surface area contributed by atoms with Crippen molar-refractivity contribution in [3.8, 4) is 6.07 Å². The average molecular weight is 306 g/mol. The van der Waals surface area contributed by atoms with Gasteiger partial charge >= 0.3 is 0 Å². The second-order valence-corrected chi connectivity index (χ2v) is 7.27. The van der Waals surface area contributed by atoms with Crippen molar-refractivity contribution in [3.63, 3.8) is 0 Å². The molecule has 0 atom stereocenters. The second-order valence-electron chi connectivity index (χ2n) is 7.27. The minimum atomic E-state index is -0.0223. The Kier molecular flexibility index (Phi) is 3.30. The van der Waals surface area contributed by atoms with Gasteiger partial charge in [0.2, 0.25) is 0 Å². The Hall–Kier alpha value is -2.08. The molecule has 1 aromatic rings. The first-order valence-corrected chi connectivity index (χ1v) is 8.70.